The van der Waals surface area contributed by atoms with Crippen molar-refractivity contribution in [2.75, 3.05) is 13.1 Å². The lowest BCUT2D eigenvalue weighted by molar-refractivity contribution is 0.0762. The van der Waals surface area contributed by atoms with E-state index in [0.29, 0.717) is 23.8 Å². The van der Waals surface area contributed by atoms with Crippen LogP contribution in [-0.4, -0.2) is 40.1 Å². The van der Waals surface area contributed by atoms with Crippen LogP contribution in [0.1, 0.15) is 23.7 Å². The van der Waals surface area contributed by atoms with E-state index in [1.54, 1.807) is 24.0 Å². The number of aliphatic hydroxyl groups excluding tert-OH is 1. The SMILES string of the molecule is CC(O)C1CCN(C(=O)c2ccc(Cl)nc2)C1. The van der Waals surface area contributed by atoms with E-state index < -0.39 is 0 Å². The molecular formula is C12H15ClN2O2. The summed E-state index contributed by atoms with van der Waals surface area (Å²) in [7, 11) is 0. The van der Waals surface area contributed by atoms with E-state index >= 15 is 0 Å². The topological polar surface area (TPSA) is 53.4 Å². The standard InChI is InChI=1S/C12H15ClN2O2/c1-8(16)10-4-5-15(7-10)12(17)9-2-3-11(13)14-6-9/h2-3,6,8,10,16H,4-5,7H2,1H3. The highest BCUT2D eigenvalue weighted by Crippen LogP contribution is 2.21. The highest BCUT2D eigenvalue weighted by atomic mass is 35.5. The molecule has 2 heterocycles. The number of nitrogens with zero attached hydrogens (tertiary/aromatic N) is 2. The quantitative estimate of drug-likeness (QED) is 0.816. The molecule has 1 fully saturated rings. The van der Waals surface area contributed by atoms with E-state index in [1.807, 2.05) is 0 Å². The monoisotopic (exact) mass is 254 g/mol. The molecule has 0 radical (unpaired) electrons. The molecular weight excluding hydrogens is 240 g/mol. The fourth-order valence-electron chi connectivity index (χ4n) is 2.05. The molecule has 0 bridgehead atoms. The Bertz CT molecular complexity index is 405. The van der Waals surface area contributed by atoms with Crippen molar-refractivity contribution in [3.63, 3.8) is 0 Å². The number of likely N-dealkylation sites (tertiary alicyclic amines) is 1. The molecule has 2 atom stereocenters. The van der Waals surface area contributed by atoms with Gasteiger partial charge in [0.2, 0.25) is 0 Å². The number of halogens is 1. The van der Waals surface area contributed by atoms with Gasteiger partial charge in [0.1, 0.15) is 5.15 Å². The maximum Gasteiger partial charge on any atom is 0.255 e. The van der Waals surface area contributed by atoms with Gasteiger partial charge >= 0.3 is 0 Å². The minimum absolute atomic E-state index is 0.0442. The number of hydrogen-bond acceptors (Lipinski definition) is 3. The molecule has 17 heavy (non-hydrogen) atoms. The number of hydrogen-bond donors (Lipinski definition) is 1. The molecule has 2 rings (SSSR count). The van der Waals surface area contributed by atoms with Crippen molar-refractivity contribution in [2.24, 2.45) is 5.92 Å². The van der Waals surface area contributed by atoms with Crippen molar-refractivity contribution < 1.29 is 9.90 Å². The van der Waals surface area contributed by atoms with Crippen molar-refractivity contribution in [1.29, 1.82) is 0 Å². The minimum Gasteiger partial charge on any atom is -0.393 e. The first-order valence-corrected chi connectivity index (χ1v) is 6.04. The van der Waals surface area contributed by atoms with Gasteiger partial charge in [0.05, 0.1) is 11.7 Å². The van der Waals surface area contributed by atoms with Crippen LogP contribution < -0.4 is 0 Å². The van der Waals surface area contributed by atoms with Gasteiger partial charge in [-0.3, -0.25) is 4.79 Å². The van der Waals surface area contributed by atoms with Crippen molar-refractivity contribution in [3.8, 4) is 0 Å². The summed E-state index contributed by atoms with van der Waals surface area (Å²) < 4.78 is 0. The average Bonchev–Trinajstić information content (AvgIpc) is 2.78. The molecule has 0 aromatic carbocycles. The van der Waals surface area contributed by atoms with Crippen molar-refractivity contribution >= 4 is 17.5 Å². The zero-order valence-corrected chi connectivity index (χ0v) is 10.4. The number of amides is 1. The van der Waals surface area contributed by atoms with Crippen molar-refractivity contribution in [1.82, 2.24) is 9.88 Å². The average molecular weight is 255 g/mol. The van der Waals surface area contributed by atoms with Crippen LogP contribution in [0.2, 0.25) is 5.15 Å². The van der Waals surface area contributed by atoms with Crippen molar-refractivity contribution in [3.05, 3.63) is 29.0 Å². The number of carbonyl (C=O) groups is 1. The molecule has 1 aliphatic rings. The van der Waals surface area contributed by atoms with Crippen LogP contribution in [0.3, 0.4) is 0 Å². The minimum atomic E-state index is -0.365. The Morgan fingerprint density at radius 1 is 1.65 bits per heavy atom. The molecule has 0 saturated carbocycles. The number of rotatable bonds is 2. The first kappa shape index (κ1) is 12.3. The number of carbonyl (C=O) groups excluding carboxylic acids is 1. The summed E-state index contributed by atoms with van der Waals surface area (Å²) in [6, 6.07) is 3.28. The van der Waals surface area contributed by atoms with Crippen LogP contribution in [-0.2, 0) is 0 Å². The fourth-order valence-corrected chi connectivity index (χ4v) is 2.16. The summed E-state index contributed by atoms with van der Waals surface area (Å²) >= 11 is 5.67. The van der Waals surface area contributed by atoms with E-state index in [2.05, 4.69) is 4.98 Å². The predicted octanol–water partition coefficient (Wildman–Crippen LogP) is 1.58. The Kier molecular flexibility index (Phi) is 3.64. The summed E-state index contributed by atoms with van der Waals surface area (Å²) in [5.74, 6) is 0.136. The second-order valence-corrected chi connectivity index (χ2v) is 4.80. The molecule has 1 aromatic rings. The molecule has 1 aromatic heterocycles. The van der Waals surface area contributed by atoms with E-state index in [-0.39, 0.29) is 17.9 Å². The van der Waals surface area contributed by atoms with E-state index in [1.165, 1.54) is 6.20 Å². The fraction of sp³-hybridized carbons (Fsp3) is 0.500. The second kappa shape index (κ2) is 5.02. The van der Waals surface area contributed by atoms with Gasteiger partial charge in [-0.15, -0.1) is 0 Å². The lowest BCUT2D eigenvalue weighted by Crippen LogP contribution is -2.30. The lowest BCUT2D eigenvalue weighted by atomic mass is 10.0. The van der Waals surface area contributed by atoms with Crippen LogP contribution in [0.15, 0.2) is 18.3 Å². The maximum absolute atomic E-state index is 12.1. The normalized spacial score (nSPS) is 21.6. The van der Waals surface area contributed by atoms with Gasteiger partial charge in [-0.2, -0.15) is 0 Å². The molecule has 2 unspecified atom stereocenters. The van der Waals surface area contributed by atoms with Gasteiger partial charge in [-0.05, 0) is 25.5 Å². The first-order chi connectivity index (χ1) is 8.08. The Morgan fingerprint density at radius 3 is 2.94 bits per heavy atom. The maximum atomic E-state index is 12.1. The van der Waals surface area contributed by atoms with Crippen molar-refractivity contribution in [2.45, 2.75) is 19.4 Å². The third-order valence-corrected chi connectivity index (χ3v) is 3.39. The molecule has 1 aliphatic heterocycles. The third-order valence-electron chi connectivity index (χ3n) is 3.17. The van der Waals surface area contributed by atoms with Gasteiger partial charge in [-0.1, -0.05) is 11.6 Å². The smallest absolute Gasteiger partial charge is 0.255 e. The Hall–Kier alpha value is -1.13. The molecule has 0 spiro atoms. The first-order valence-electron chi connectivity index (χ1n) is 5.67. The summed E-state index contributed by atoms with van der Waals surface area (Å²) in [4.78, 5) is 17.7. The molecule has 0 aliphatic carbocycles. The molecule has 4 nitrogen and oxygen atoms in total. The summed E-state index contributed by atoms with van der Waals surface area (Å²) in [6.07, 6.45) is 1.97. The number of pyridine rings is 1. The molecule has 5 heteroatoms. The van der Waals surface area contributed by atoms with Crippen LogP contribution in [0.4, 0.5) is 0 Å². The summed E-state index contributed by atoms with van der Waals surface area (Å²) in [5, 5.41) is 9.87. The van der Waals surface area contributed by atoms with Crippen LogP contribution in [0, 0.1) is 5.92 Å². The van der Waals surface area contributed by atoms with E-state index in [0.717, 1.165) is 6.42 Å². The van der Waals surface area contributed by atoms with Crippen LogP contribution in [0.5, 0.6) is 0 Å². The summed E-state index contributed by atoms with van der Waals surface area (Å²) in [5.41, 5.74) is 0.542. The van der Waals surface area contributed by atoms with E-state index in [9.17, 15) is 9.90 Å². The second-order valence-electron chi connectivity index (χ2n) is 4.41. The Labute approximate surface area is 105 Å². The van der Waals surface area contributed by atoms with Crippen LogP contribution in [0.25, 0.3) is 0 Å². The van der Waals surface area contributed by atoms with E-state index in [4.69, 9.17) is 11.6 Å². The highest BCUT2D eigenvalue weighted by molar-refractivity contribution is 6.29. The van der Waals surface area contributed by atoms with Gasteiger partial charge in [0.15, 0.2) is 0 Å². The molecule has 1 saturated heterocycles. The molecule has 1 N–H and O–H groups in total. The zero-order chi connectivity index (χ0) is 12.4. The number of aromatic nitrogens is 1. The van der Waals surface area contributed by atoms with Gasteiger partial charge < -0.3 is 10.0 Å². The predicted molar refractivity (Wildman–Crippen MR) is 64.9 cm³/mol. The van der Waals surface area contributed by atoms with Gasteiger partial charge in [0.25, 0.3) is 5.91 Å². The lowest BCUT2D eigenvalue weighted by Gasteiger charge is -2.17. The van der Waals surface area contributed by atoms with Gasteiger partial charge in [-0.25, -0.2) is 4.98 Å². The largest absolute Gasteiger partial charge is 0.393 e. The zero-order valence-electron chi connectivity index (χ0n) is 9.64. The molecule has 92 valence electrons. The Balaban J connectivity index is 2.04. The van der Waals surface area contributed by atoms with Gasteiger partial charge in [0, 0.05) is 25.2 Å². The number of aliphatic hydroxyl groups is 1. The third kappa shape index (κ3) is 2.76. The highest BCUT2D eigenvalue weighted by Gasteiger charge is 2.29. The van der Waals surface area contributed by atoms with Crippen LogP contribution >= 0.6 is 11.6 Å². The Morgan fingerprint density at radius 2 is 2.41 bits per heavy atom. The molecule has 1 amide bonds. The summed E-state index contributed by atoms with van der Waals surface area (Å²) in [6.45, 7) is 3.07.